The molecule has 0 saturated carbocycles. The number of likely N-dealkylation sites (tertiary alicyclic amines) is 1. The summed E-state index contributed by atoms with van der Waals surface area (Å²) in [4.78, 5) is 16.9. The van der Waals surface area contributed by atoms with Gasteiger partial charge in [0, 0.05) is 26.2 Å². The number of aryl methyl sites for hydroxylation is 2. The highest BCUT2D eigenvalue weighted by molar-refractivity contribution is 7.89. The van der Waals surface area contributed by atoms with Crippen molar-refractivity contribution in [2.24, 2.45) is 0 Å². The van der Waals surface area contributed by atoms with E-state index in [0.717, 1.165) is 37.1 Å². The number of hydrogen-bond donors (Lipinski definition) is 0. The van der Waals surface area contributed by atoms with Gasteiger partial charge >= 0.3 is 0 Å². The Balaban J connectivity index is 1.58. The van der Waals surface area contributed by atoms with Crippen LogP contribution in [0.5, 0.6) is 0 Å². The smallest absolute Gasteiger partial charge is 0.243 e. The van der Waals surface area contributed by atoms with Crippen LogP contribution in [0.15, 0.2) is 23.1 Å². The number of piperidine rings is 1. The van der Waals surface area contributed by atoms with Crippen LogP contribution in [0.2, 0.25) is 0 Å². The highest BCUT2D eigenvalue weighted by Gasteiger charge is 2.30. The fraction of sp³-hybridized carbons (Fsp3) is 0.632. The highest BCUT2D eigenvalue weighted by atomic mass is 32.2. The van der Waals surface area contributed by atoms with Gasteiger partial charge in [-0.3, -0.25) is 9.69 Å². The number of amides is 1. The van der Waals surface area contributed by atoms with E-state index in [1.165, 1.54) is 10.7 Å². The van der Waals surface area contributed by atoms with E-state index in [1.807, 2.05) is 19.9 Å². The lowest BCUT2D eigenvalue weighted by Gasteiger charge is -2.35. The molecular weight excluding hydrogens is 350 g/mol. The largest absolute Gasteiger partial charge is 0.339 e. The number of sulfonamides is 1. The molecule has 0 radical (unpaired) electrons. The van der Waals surface area contributed by atoms with Gasteiger partial charge in [-0.05, 0) is 63.0 Å². The Morgan fingerprint density at radius 2 is 1.58 bits per heavy atom. The van der Waals surface area contributed by atoms with Crippen molar-refractivity contribution in [3.05, 3.63) is 29.3 Å². The van der Waals surface area contributed by atoms with Gasteiger partial charge in [0.15, 0.2) is 0 Å². The maximum absolute atomic E-state index is 12.9. The molecule has 144 valence electrons. The van der Waals surface area contributed by atoms with Crippen LogP contribution in [0.1, 0.15) is 30.4 Å². The molecule has 7 heteroatoms. The number of piperazine rings is 1. The molecule has 2 heterocycles. The molecule has 0 unspecified atom stereocenters. The third-order valence-corrected chi connectivity index (χ3v) is 7.41. The maximum Gasteiger partial charge on any atom is 0.243 e. The second kappa shape index (κ2) is 8.06. The fourth-order valence-corrected chi connectivity index (χ4v) is 5.12. The van der Waals surface area contributed by atoms with Gasteiger partial charge in [0.25, 0.3) is 0 Å². The molecule has 0 aliphatic carbocycles. The molecule has 6 nitrogen and oxygen atoms in total. The predicted molar refractivity (Wildman–Crippen MR) is 102 cm³/mol. The summed E-state index contributed by atoms with van der Waals surface area (Å²) in [5.41, 5.74) is 2.05. The number of hydrogen-bond acceptors (Lipinski definition) is 4. The van der Waals surface area contributed by atoms with E-state index in [9.17, 15) is 13.2 Å². The molecule has 2 aliphatic rings. The molecule has 1 aromatic carbocycles. The predicted octanol–water partition coefficient (Wildman–Crippen LogP) is 1.62. The van der Waals surface area contributed by atoms with Crippen LogP contribution in [-0.2, 0) is 14.8 Å². The lowest BCUT2D eigenvalue weighted by molar-refractivity contribution is -0.133. The Hall–Kier alpha value is -1.44. The zero-order valence-corrected chi connectivity index (χ0v) is 16.6. The zero-order chi connectivity index (χ0) is 18.7. The van der Waals surface area contributed by atoms with Crippen LogP contribution in [0.3, 0.4) is 0 Å². The minimum absolute atomic E-state index is 0.120. The highest BCUT2D eigenvalue weighted by Crippen LogP contribution is 2.20. The molecule has 2 aliphatic heterocycles. The molecule has 0 spiro atoms. The molecule has 3 rings (SSSR count). The minimum atomic E-state index is -3.49. The van der Waals surface area contributed by atoms with E-state index in [4.69, 9.17) is 0 Å². The van der Waals surface area contributed by atoms with E-state index in [0.29, 0.717) is 37.6 Å². The molecule has 0 atom stereocenters. The number of rotatable bonds is 4. The Morgan fingerprint density at radius 1 is 0.923 bits per heavy atom. The topological polar surface area (TPSA) is 60.9 Å². The Labute approximate surface area is 156 Å². The first kappa shape index (κ1) is 19.3. The summed E-state index contributed by atoms with van der Waals surface area (Å²) in [6.07, 6.45) is 3.57. The molecule has 1 amide bonds. The van der Waals surface area contributed by atoms with Crippen LogP contribution in [0.4, 0.5) is 0 Å². The fourth-order valence-electron chi connectivity index (χ4n) is 3.61. The average Bonchev–Trinajstić information content (AvgIpc) is 2.65. The molecule has 1 aromatic rings. The number of nitrogens with zero attached hydrogens (tertiary/aromatic N) is 3. The monoisotopic (exact) mass is 379 g/mol. The lowest BCUT2D eigenvalue weighted by atomic mass is 10.1. The summed E-state index contributed by atoms with van der Waals surface area (Å²) < 4.78 is 27.2. The summed E-state index contributed by atoms with van der Waals surface area (Å²) >= 11 is 0. The molecule has 2 fully saturated rings. The van der Waals surface area contributed by atoms with Crippen molar-refractivity contribution in [3.8, 4) is 0 Å². The lowest BCUT2D eigenvalue weighted by Crippen LogP contribution is -2.52. The third-order valence-electron chi connectivity index (χ3n) is 5.52. The second-order valence-electron chi connectivity index (χ2n) is 7.37. The van der Waals surface area contributed by atoms with Gasteiger partial charge in [-0.1, -0.05) is 12.5 Å². The van der Waals surface area contributed by atoms with Crippen molar-refractivity contribution >= 4 is 15.9 Å². The van der Waals surface area contributed by atoms with Gasteiger partial charge in [-0.25, -0.2) is 8.42 Å². The molecule has 0 aromatic heterocycles. The second-order valence-corrected chi connectivity index (χ2v) is 9.31. The summed E-state index contributed by atoms with van der Waals surface area (Å²) in [7, 11) is -3.49. The molecule has 0 N–H and O–H groups in total. The van der Waals surface area contributed by atoms with Gasteiger partial charge in [-0.15, -0.1) is 0 Å². The van der Waals surface area contributed by atoms with Crippen LogP contribution in [-0.4, -0.2) is 74.2 Å². The van der Waals surface area contributed by atoms with Crippen LogP contribution < -0.4 is 0 Å². The standard InChI is InChI=1S/C19H29N3O3S/c1-16-6-7-18(14-17(16)2)26(24,25)22-12-10-21(11-13-22)19(23)15-20-8-4-3-5-9-20/h6-7,14H,3-5,8-13,15H2,1-2H3. The van der Waals surface area contributed by atoms with E-state index in [1.54, 1.807) is 17.0 Å². The third kappa shape index (κ3) is 4.27. The first-order chi connectivity index (χ1) is 12.4. The Bertz CT molecular complexity index is 749. The number of carbonyl (C=O) groups excluding carboxylic acids is 1. The van der Waals surface area contributed by atoms with Crippen molar-refractivity contribution in [3.63, 3.8) is 0 Å². The number of carbonyl (C=O) groups is 1. The van der Waals surface area contributed by atoms with Crippen LogP contribution >= 0.6 is 0 Å². The van der Waals surface area contributed by atoms with Gasteiger partial charge in [0.2, 0.25) is 15.9 Å². The van der Waals surface area contributed by atoms with Crippen molar-refractivity contribution in [2.75, 3.05) is 45.8 Å². The average molecular weight is 380 g/mol. The summed E-state index contributed by atoms with van der Waals surface area (Å²) in [5.74, 6) is 0.120. The van der Waals surface area contributed by atoms with Crippen LogP contribution in [0, 0.1) is 13.8 Å². The SMILES string of the molecule is Cc1ccc(S(=O)(=O)N2CCN(C(=O)CN3CCCCC3)CC2)cc1C. The van der Waals surface area contributed by atoms with Crippen LogP contribution in [0.25, 0.3) is 0 Å². The molecule has 0 bridgehead atoms. The summed E-state index contributed by atoms with van der Waals surface area (Å²) in [6, 6.07) is 5.25. The van der Waals surface area contributed by atoms with E-state index < -0.39 is 10.0 Å². The van der Waals surface area contributed by atoms with Gasteiger partial charge in [-0.2, -0.15) is 4.31 Å². The van der Waals surface area contributed by atoms with Crippen molar-refractivity contribution in [2.45, 2.75) is 38.0 Å². The summed E-state index contributed by atoms with van der Waals surface area (Å²) in [5, 5.41) is 0. The Kier molecular flexibility index (Phi) is 5.99. The van der Waals surface area contributed by atoms with Gasteiger partial charge in [0.1, 0.15) is 0 Å². The van der Waals surface area contributed by atoms with Crippen molar-refractivity contribution in [1.29, 1.82) is 0 Å². The first-order valence-corrected chi connectivity index (χ1v) is 10.9. The minimum Gasteiger partial charge on any atom is -0.339 e. The van der Waals surface area contributed by atoms with Crippen molar-refractivity contribution in [1.82, 2.24) is 14.1 Å². The molecular formula is C19H29N3O3S. The first-order valence-electron chi connectivity index (χ1n) is 9.45. The zero-order valence-electron chi connectivity index (χ0n) is 15.8. The van der Waals surface area contributed by atoms with E-state index in [-0.39, 0.29) is 5.91 Å². The molecule has 26 heavy (non-hydrogen) atoms. The molecule has 2 saturated heterocycles. The van der Waals surface area contributed by atoms with Crippen molar-refractivity contribution < 1.29 is 13.2 Å². The normalized spacial score (nSPS) is 20.3. The van der Waals surface area contributed by atoms with Gasteiger partial charge < -0.3 is 4.90 Å². The Morgan fingerprint density at radius 3 is 2.19 bits per heavy atom. The quantitative estimate of drug-likeness (QED) is 0.798. The number of benzene rings is 1. The summed E-state index contributed by atoms with van der Waals surface area (Å²) in [6.45, 7) is 8.00. The van der Waals surface area contributed by atoms with E-state index >= 15 is 0 Å². The van der Waals surface area contributed by atoms with E-state index in [2.05, 4.69) is 4.90 Å². The van der Waals surface area contributed by atoms with Gasteiger partial charge in [0.05, 0.1) is 11.4 Å². The maximum atomic E-state index is 12.9.